The number of thiazole rings is 1. The maximum atomic E-state index is 5.65. The summed E-state index contributed by atoms with van der Waals surface area (Å²) in [4.78, 5) is 1.24. The van der Waals surface area contributed by atoms with Crippen molar-refractivity contribution in [2.45, 2.75) is 13.0 Å². The molecule has 3 rings (SSSR count). The summed E-state index contributed by atoms with van der Waals surface area (Å²) in [5.74, 6) is 0. The van der Waals surface area contributed by atoms with Crippen LogP contribution in [0.3, 0.4) is 0 Å². The van der Waals surface area contributed by atoms with Crippen molar-refractivity contribution in [3.05, 3.63) is 64.6 Å². The molecule has 0 aliphatic rings. The zero-order valence-corrected chi connectivity index (χ0v) is 14.7. The molecule has 0 amide bonds. The molecule has 0 aliphatic carbocycles. The minimum absolute atomic E-state index is 0.743. The van der Waals surface area contributed by atoms with Crippen LogP contribution in [-0.2, 0) is 11.3 Å². The molecule has 0 saturated carbocycles. The van der Waals surface area contributed by atoms with Crippen LogP contribution in [-0.4, -0.2) is 18.3 Å². The van der Waals surface area contributed by atoms with Crippen molar-refractivity contribution < 1.29 is 4.74 Å². The molecule has 0 saturated heterocycles. The molecule has 118 valence electrons. The Labute approximate surface area is 146 Å². The lowest BCUT2D eigenvalue weighted by molar-refractivity contribution is 0.190. The predicted molar refractivity (Wildman–Crippen MR) is 101 cm³/mol. The molecule has 0 unspecified atom stereocenters. The summed E-state index contributed by atoms with van der Waals surface area (Å²) in [6.07, 6.45) is 0.954. The van der Waals surface area contributed by atoms with Gasteiger partial charge in [-0.05, 0) is 29.8 Å². The van der Waals surface area contributed by atoms with E-state index in [1.165, 1.54) is 21.7 Å². The molecule has 23 heavy (non-hydrogen) atoms. The van der Waals surface area contributed by atoms with Crippen LogP contribution in [0.5, 0.6) is 0 Å². The highest BCUT2D eigenvalue weighted by Crippen LogP contribution is 2.37. The van der Waals surface area contributed by atoms with Gasteiger partial charge in [0.05, 0.1) is 10.6 Å². The highest BCUT2D eigenvalue weighted by atomic mass is 32.1. The van der Waals surface area contributed by atoms with Gasteiger partial charge < -0.3 is 9.30 Å². The predicted octanol–water partition coefficient (Wildman–Crippen LogP) is 5.65. The van der Waals surface area contributed by atoms with Crippen molar-refractivity contribution in [1.82, 2.24) is 4.57 Å². The molecule has 0 spiro atoms. The van der Waals surface area contributed by atoms with Gasteiger partial charge in [-0.2, -0.15) is 0 Å². The quantitative estimate of drug-likeness (QED) is 0.425. The number of ether oxygens (including phenoxy) is 1. The normalized spacial score (nSPS) is 10.8. The summed E-state index contributed by atoms with van der Waals surface area (Å²) in [6.45, 7) is 1.62. The first-order valence-electron chi connectivity index (χ1n) is 7.64. The van der Waals surface area contributed by atoms with Crippen molar-refractivity contribution >= 4 is 23.6 Å². The van der Waals surface area contributed by atoms with E-state index >= 15 is 0 Å². The van der Waals surface area contributed by atoms with Crippen LogP contribution in [0.25, 0.3) is 21.7 Å². The van der Waals surface area contributed by atoms with E-state index in [1.54, 1.807) is 18.4 Å². The lowest BCUT2D eigenvalue weighted by Gasteiger charge is -2.11. The first-order chi connectivity index (χ1) is 11.3. The lowest BCUT2D eigenvalue weighted by atomic mass is 10.1. The van der Waals surface area contributed by atoms with E-state index in [0.717, 1.165) is 23.5 Å². The average Bonchev–Trinajstić information content (AvgIpc) is 2.93. The van der Waals surface area contributed by atoms with E-state index in [2.05, 4.69) is 53.1 Å². The summed E-state index contributed by atoms with van der Waals surface area (Å²) in [5, 5.41) is 0. The van der Waals surface area contributed by atoms with Crippen molar-refractivity contribution in [3.63, 3.8) is 0 Å². The maximum absolute atomic E-state index is 5.65. The Morgan fingerprint density at radius 1 is 0.957 bits per heavy atom. The zero-order chi connectivity index (χ0) is 16.1. The third-order valence-electron chi connectivity index (χ3n) is 3.71. The van der Waals surface area contributed by atoms with Crippen LogP contribution >= 0.6 is 23.6 Å². The van der Waals surface area contributed by atoms with E-state index in [9.17, 15) is 0 Å². The summed E-state index contributed by atoms with van der Waals surface area (Å²) >= 11 is 7.33. The second-order valence-corrected chi connectivity index (χ2v) is 6.92. The maximum Gasteiger partial charge on any atom is 0.162 e. The Morgan fingerprint density at radius 3 is 2.17 bits per heavy atom. The number of rotatable bonds is 6. The zero-order valence-electron chi connectivity index (χ0n) is 13.1. The Kier molecular flexibility index (Phi) is 5.39. The van der Waals surface area contributed by atoms with Crippen molar-refractivity contribution in [2.24, 2.45) is 0 Å². The Hall–Kier alpha value is -1.75. The number of hydrogen-bond donors (Lipinski definition) is 0. The summed E-state index contributed by atoms with van der Waals surface area (Å²) in [7, 11) is 1.74. The Balaban J connectivity index is 2.13. The molecule has 2 aromatic carbocycles. The van der Waals surface area contributed by atoms with Gasteiger partial charge in [-0.1, -0.05) is 60.7 Å². The molecule has 0 bridgehead atoms. The van der Waals surface area contributed by atoms with Crippen LogP contribution in [0.2, 0.25) is 0 Å². The second kappa shape index (κ2) is 7.68. The number of benzene rings is 2. The fourth-order valence-corrected chi connectivity index (χ4v) is 4.12. The van der Waals surface area contributed by atoms with E-state index in [0.29, 0.717) is 0 Å². The van der Waals surface area contributed by atoms with Crippen LogP contribution in [0, 0.1) is 3.95 Å². The van der Waals surface area contributed by atoms with Gasteiger partial charge in [0.25, 0.3) is 0 Å². The first-order valence-corrected chi connectivity index (χ1v) is 8.87. The van der Waals surface area contributed by atoms with Gasteiger partial charge in [0, 0.05) is 20.3 Å². The van der Waals surface area contributed by atoms with Gasteiger partial charge in [-0.25, -0.2) is 0 Å². The summed E-state index contributed by atoms with van der Waals surface area (Å²) < 4.78 is 8.36. The van der Waals surface area contributed by atoms with Crippen molar-refractivity contribution in [2.75, 3.05) is 13.7 Å². The van der Waals surface area contributed by atoms with E-state index in [1.807, 2.05) is 12.1 Å². The minimum atomic E-state index is 0.743. The van der Waals surface area contributed by atoms with Crippen molar-refractivity contribution in [1.29, 1.82) is 0 Å². The molecule has 0 fully saturated rings. The van der Waals surface area contributed by atoms with Gasteiger partial charge in [-0.3, -0.25) is 0 Å². The molecule has 0 N–H and O–H groups in total. The molecule has 1 heterocycles. The topological polar surface area (TPSA) is 14.2 Å². The van der Waals surface area contributed by atoms with Gasteiger partial charge >= 0.3 is 0 Å². The van der Waals surface area contributed by atoms with Crippen molar-refractivity contribution in [3.8, 4) is 21.7 Å². The van der Waals surface area contributed by atoms with E-state index < -0.39 is 0 Å². The van der Waals surface area contributed by atoms with E-state index in [4.69, 9.17) is 17.0 Å². The molecule has 0 radical (unpaired) electrons. The summed E-state index contributed by atoms with van der Waals surface area (Å²) in [6, 6.07) is 21.0. The highest BCUT2D eigenvalue weighted by Gasteiger charge is 2.15. The fraction of sp³-hybridized carbons (Fsp3) is 0.211. The van der Waals surface area contributed by atoms with Gasteiger partial charge in [0.2, 0.25) is 0 Å². The minimum Gasteiger partial charge on any atom is -0.385 e. The first kappa shape index (κ1) is 16.1. The fourth-order valence-electron chi connectivity index (χ4n) is 2.64. The number of aromatic nitrogens is 1. The average molecular weight is 342 g/mol. The van der Waals surface area contributed by atoms with Crippen LogP contribution in [0.4, 0.5) is 0 Å². The standard InChI is InChI=1S/C19H19NOS2/c1-21-14-8-13-20-17(15-9-4-2-5-10-15)18(23-19(20)22)16-11-6-3-7-12-16/h2-7,9-12H,8,13-14H2,1H3. The smallest absolute Gasteiger partial charge is 0.162 e. The summed E-state index contributed by atoms with van der Waals surface area (Å²) in [5.41, 5.74) is 3.63. The van der Waals surface area contributed by atoms with Gasteiger partial charge in [-0.15, -0.1) is 11.3 Å². The molecular weight excluding hydrogens is 322 g/mol. The number of hydrogen-bond acceptors (Lipinski definition) is 3. The Morgan fingerprint density at radius 2 is 1.57 bits per heavy atom. The molecule has 0 atom stereocenters. The number of methoxy groups -OCH3 is 1. The third kappa shape index (κ3) is 3.61. The van der Waals surface area contributed by atoms with E-state index in [-0.39, 0.29) is 0 Å². The largest absolute Gasteiger partial charge is 0.385 e. The molecule has 3 aromatic rings. The molecule has 1 aromatic heterocycles. The monoisotopic (exact) mass is 341 g/mol. The lowest BCUT2D eigenvalue weighted by Crippen LogP contribution is -2.03. The second-order valence-electron chi connectivity index (χ2n) is 5.28. The van der Waals surface area contributed by atoms with Gasteiger partial charge in [0.1, 0.15) is 0 Å². The van der Waals surface area contributed by atoms with Crippen LogP contribution < -0.4 is 0 Å². The highest BCUT2D eigenvalue weighted by molar-refractivity contribution is 7.73. The number of nitrogens with zero attached hydrogens (tertiary/aromatic N) is 1. The van der Waals surface area contributed by atoms with Gasteiger partial charge in [0.15, 0.2) is 3.95 Å². The molecule has 4 heteroatoms. The SMILES string of the molecule is COCCCn1c(-c2ccccc2)c(-c2ccccc2)sc1=S. The van der Waals surface area contributed by atoms with Crippen LogP contribution in [0.15, 0.2) is 60.7 Å². The van der Waals surface area contributed by atoms with Crippen LogP contribution in [0.1, 0.15) is 6.42 Å². The molecular formula is C19H19NOS2. The molecule has 2 nitrogen and oxygen atoms in total. The Bertz CT molecular complexity index is 806. The third-order valence-corrected chi connectivity index (χ3v) is 5.21. The molecule has 0 aliphatic heterocycles.